The van der Waals surface area contributed by atoms with Crippen LogP contribution in [0.15, 0.2) is 0 Å². The van der Waals surface area contributed by atoms with Crippen molar-refractivity contribution in [1.82, 2.24) is 5.32 Å². The Bertz CT molecular complexity index is 200. The van der Waals surface area contributed by atoms with E-state index in [2.05, 4.69) is 12.2 Å². The zero-order valence-corrected chi connectivity index (χ0v) is 9.85. The summed E-state index contributed by atoms with van der Waals surface area (Å²) in [6.45, 7) is 2.79. The SMILES string of the molecule is CCCCCCCC(=O)NC1(CN)CC1. The number of nitrogens with two attached hydrogens (primary N) is 1. The van der Waals surface area contributed by atoms with E-state index in [-0.39, 0.29) is 11.4 Å². The third-order valence-electron chi connectivity index (χ3n) is 3.16. The van der Waals surface area contributed by atoms with Crippen LogP contribution in [0.4, 0.5) is 0 Å². The molecule has 1 aliphatic rings. The summed E-state index contributed by atoms with van der Waals surface area (Å²) in [6, 6.07) is 0. The predicted molar refractivity (Wildman–Crippen MR) is 62.5 cm³/mol. The number of rotatable bonds is 8. The molecule has 3 heteroatoms. The lowest BCUT2D eigenvalue weighted by atomic mass is 10.1. The molecule has 3 nitrogen and oxygen atoms in total. The van der Waals surface area contributed by atoms with Crippen LogP contribution in [0.25, 0.3) is 0 Å². The smallest absolute Gasteiger partial charge is 0.220 e. The lowest BCUT2D eigenvalue weighted by Crippen LogP contribution is -2.42. The minimum absolute atomic E-state index is 0.0134. The van der Waals surface area contributed by atoms with Crippen molar-refractivity contribution in [2.75, 3.05) is 6.54 Å². The second kappa shape index (κ2) is 6.11. The fourth-order valence-corrected chi connectivity index (χ4v) is 1.78. The van der Waals surface area contributed by atoms with Crippen LogP contribution in [-0.2, 0) is 4.79 Å². The van der Waals surface area contributed by atoms with Gasteiger partial charge in [0, 0.05) is 13.0 Å². The second-order valence-electron chi connectivity index (χ2n) is 4.70. The van der Waals surface area contributed by atoms with Crippen molar-refractivity contribution in [1.29, 1.82) is 0 Å². The van der Waals surface area contributed by atoms with Crippen molar-refractivity contribution in [3.05, 3.63) is 0 Å². The first-order chi connectivity index (χ1) is 7.22. The normalized spacial score (nSPS) is 17.5. The fraction of sp³-hybridized carbons (Fsp3) is 0.917. The van der Waals surface area contributed by atoms with Crippen LogP contribution in [0, 0.1) is 0 Å². The molecule has 1 fully saturated rings. The first kappa shape index (κ1) is 12.5. The lowest BCUT2D eigenvalue weighted by Gasteiger charge is -2.14. The summed E-state index contributed by atoms with van der Waals surface area (Å²) in [4.78, 5) is 11.5. The average molecular weight is 212 g/mol. The summed E-state index contributed by atoms with van der Waals surface area (Å²) in [5, 5.41) is 3.04. The zero-order valence-electron chi connectivity index (χ0n) is 9.85. The molecule has 3 N–H and O–H groups in total. The fourth-order valence-electron chi connectivity index (χ4n) is 1.78. The van der Waals surface area contributed by atoms with Crippen molar-refractivity contribution in [2.24, 2.45) is 5.73 Å². The Hall–Kier alpha value is -0.570. The molecule has 0 aromatic carbocycles. The van der Waals surface area contributed by atoms with E-state index in [1.54, 1.807) is 0 Å². The highest BCUT2D eigenvalue weighted by molar-refractivity contribution is 5.77. The standard InChI is InChI=1S/C12H24N2O/c1-2-3-4-5-6-7-11(15)14-12(10-13)8-9-12/h2-10,13H2,1H3,(H,14,15). The van der Waals surface area contributed by atoms with Crippen LogP contribution in [0.3, 0.4) is 0 Å². The van der Waals surface area contributed by atoms with Gasteiger partial charge in [-0.2, -0.15) is 0 Å². The molecule has 0 spiro atoms. The Balaban J connectivity index is 1.99. The van der Waals surface area contributed by atoms with Gasteiger partial charge in [0.15, 0.2) is 0 Å². The summed E-state index contributed by atoms with van der Waals surface area (Å²) in [5.41, 5.74) is 5.58. The van der Waals surface area contributed by atoms with Crippen LogP contribution in [0.5, 0.6) is 0 Å². The highest BCUT2D eigenvalue weighted by atomic mass is 16.1. The number of hydrogen-bond acceptors (Lipinski definition) is 2. The van der Waals surface area contributed by atoms with Crippen molar-refractivity contribution in [3.8, 4) is 0 Å². The van der Waals surface area contributed by atoms with Crippen LogP contribution < -0.4 is 11.1 Å². The quantitative estimate of drug-likeness (QED) is 0.604. The van der Waals surface area contributed by atoms with Gasteiger partial charge in [0.2, 0.25) is 5.91 Å². The molecule has 0 unspecified atom stereocenters. The second-order valence-corrected chi connectivity index (χ2v) is 4.70. The topological polar surface area (TPSA) is 55.1 Å². The first-order valence-corrected chi connectivity index (χ1v) is 6.23. The lowest BCUT2D eigenvalue weighted by molar-refractivity contribution is -0.122. The molecule has 0 radical (unpaired) electrons. The summed E-state index contributed by atoms with van der Waals surface area (Å²) in [6.07, 6.45) is 8.79. The van der Waals surface area contributed by atoms with Crippen molar-refractivity contribution in [2.45, 2.75) is 63.8 Å². The van der Waals surface area contributed by atoms with Gasteiger partial charge in [0.1, 0.15) is 0 Å². The number of amides is 1. The third-order valence-corrected chi connectivity index (χ3v) is 3.16. The molecule has 0 atom stereocenters. The molecule has 0 bridgehead atoms. The van der Waals surface area contributed by atoms with E-state index in [9.17, 15) is 4.79 Å². The van der Waals surface area contributed by atoms with Gasteiger partial charge in [-0.25, -0.2) is 0 Å². The minimum Gasteiger partial charge on any atom is -0.349 e. The van der Waals surface area contributed by atoms with E-state index in [1.165, 1.54) is 25.7 Å². The van der Waals surface area contributed by atoms with E-state index < -0.39 is 0 Å². The monoisotopic (exact) mass is 212 g/mol. The molecule has 1 aliphatic carbocycles. The van der Waals surface area contributed by atoms with Crippen molar-refractivity contribution < 1.29 is 4.79 Å². The molecule has 1 rings (SSSR count). The Morgan fingerprint density at radius 3 is 2.47 bits per heavy atom. The summed E-state index contributed by atoms with van der Waals surface area (Å²) in [7, 11) is 0. The predicted octanol–water partition coefficient (Wildman–Crippen LogP) is 1.95. The maximum atomic E-state index is 11.5. The number of hydrogen-bond donors (Lipinski definition) is 2. The van der Waals surface area contributed by atoms with Gasteiger partial charge < -0.3 is 11.1 Å². The van der Waals surface area contributed by atoms with Crippen LogP contribution >= 0.6 is 0 Å². The van der Waals surface area contributed by atoms with Gasteiger partial charge in [0.25, 0.3) is 0 Å². The van der Waals surface area contributed by atoms with Gasteiger partial charge in [-0.15, -0.1) is 0 Å². The molecular formula is C12H24N2O. The molecule has 15 heavy (non-hydrogen) atoms. The van der Waals surface area contributed by atoms with Crippen molar-refractivity contribution in [3.63, 3.8) is 0 Å². The van der Waals surface area contributed by atoms with E-state index in [0.29, 0.717) is 13.0 Å². The summed E-state index contributed by atoms with van der Waals surface area (Å²) < 4.78 is 0. The van der Waals surface area contributed by atoms with E-state index >= 15 is 0 Å². The Kier molecular flexibility index (Phi) is 5.09. The molecule has 0 heterocycles. The molecule has 1 amide bonds. The Morgan fingerprint density at radius 1 is 1.27 bits per heavy atom. The van der Waals surface area contributed by atoms with E-state index in [4.69, 9.17) is 5.73 Å². The van der Waals surface area contributed by atoms with Crippen LogP contribution in [0.1, 0.15) is 58.3 Å². The zero-order chi connectivity index (χ0) is 11.1. The maximum absolute atomic E-state index is 11.5. The number of carbonyl (C=O) groups is 1. The van der Waals surface area contributed by atoms with Gasteiger partial charge in [-0.1, -0.05) is 32.6 Å². The molecule has 0 aromatic heterocycles. The maximum Gasteiger partial charge on any atom is 0.220 e. The number of carbonyl (C=O) groups excluding carboxylic acids is 1. The van der Waals surface area contributed by atoms with Gasteiger partial charge >= 0.3 is 0 Å². The van der Waals surface area contributed by atoms with Gasteiger partial charge in [0.05, 0.1) is 5.54 Å². The average Bonchev–Trinajstić information content (AvgIpc) is 2.98. The van der Waals surface area contributed by atoms with Crippen LogP contribution in [0.2, 0.25) is 0 Å². The molecule has 0 saturated heterocycles. The summed E-state index contributed by atoms with van der Waals surface area (Å²) >= 11 is 0. The third kappa shape index (κ3) is 4.65. The van der Waals surface area contributed by atoms with E-state index in [0.717, 1.165) is 19.3 Å². The Morgan fingerprint density at radius 2 is 1.93 bits per heavy atom. The molecule has 88 valence electrons. The van der Waals surface area contributed by atoms with E-state index in [1.807, 2.05) is 0 Å². The largest absolute Gasteiger partial charge is 0.349 e. The van der Waals surface area contributed by atoms with Gasteiger partial charge in [-0.05, 0) is 19.3 Å². The van der Waals surface area contributed by atoms with Crippen molar-refractivity contribution >= 4 is 5.91 Å². The minimum atomic E-state index is -0.0134. The molecule has 0 aliphatic heterocycles. The first-order valence-electron chi connectivity index (χ1n) is 6.23. The molecule has 1 saturated carbocycles. The number of unbranched alkanes of at least 4 members (excludes halogenated alkanes) is 4. The Labute approximate surface area is 92.8 Å². The summed E-state index contributed by atoms with van der Waals surface area (Å²) in [5.74, 6) is 0.189. The van der Waals surface area contributed by atoms with Crippen LogP contribution in [-0.4, -0.2) is 18.0 Å². The molecule has 0 aromatic rings. The number of nitrogens with one attached hydrogen (secondary N) is 1. The van der Waals surface area contributed by atoms with Gasteiger partial charge in [-0.3, -0.25) is 4.79 Å². The molecular weight excluding hydrogens is 188 g/mol. The highest BCUT2D eigenvalue weighted by Crippen LogP contribution is 2.33. The highest BCUT2D eigenvalue weighted by Gasteiger charge is 2.42.